The molecule has 0 spiro atoms. The van der Waals surface area contributed by atoms with Crippen molar-refractivity contribution in [3.8, 4) is 0 Å². The second-order valence-electron chi connectivity index (χ2n) is 5.18. The van der Waals surface area contributed by atoms with Crippen LogP contribution in [0.25, 0.3) is 0 Å². The van der Waals surface area contributed by atoms with Crippen LogP contribution in [0.3, 0.4) is 0 Å². The minimum Gasteiger partial charge on any atom is -0.399 e. The largest absolute Gasteiger partial charge is 0.399 e. The topological polar surface area (TPSA) is 29.3 Å². The third-order valence-corrected chi connectivity index (χ3v) is 3.88. The van der Waals surface area contributed by atoms with Gasteiger partial charge in [0.1, 0.15) is 0 Å². The Labute approximate surface area is 105 Å². The average molecular weight is 232 g/mol. The highest BCUT2D eigenvalue weighted by Crippen LogP contribution is 2.27. The number of hydrogen-bond acceptors (Lipinski definition) is 2. The van der Waals surface area contributed by atoms with Gasteiger partial charge in [-0.3, -0.25) is 0 Å². The molecule has 17 heavy (non-hydrogen) atoms. The van der Waals surface area contributed by atoms with Gasteiger partial charge in [-0.2, -0.15) is 0 Å². The second kappa shape index (κ2) is 6.06. The van der Waals surface area contributed by atoms with E-state index in [-0.39, 0.29) is 0 Å². The SMILES string of the molecule is CCN(CCc1ccc(N)cc1)CC1CCC1. The molecule has 1 fully saturated rings. The minimum absolute atomic E-state index is 0.857. The summed E-state index contributed by atoms with van der Waals surface area (Å²) in [7, 11) is 0. The summed E-state index contributed by atoms with van der Waals surface area (Å²) in [5.74, 6) is 0.973. The van der Waals surface area contributed by atoms with Crippen LogP contribution in [0.15, 0.2) is 24.3 Å². The van der Waals surface area contributed by atoms with E-state index in [1.807, 2.05) is 12.1 Å². The Hall–Kier alpha value is -1.02. The van der Waals surface area contributed by atoms with Crippen LogP contribution in [0, 0.1) is 5.92 Å². The number of nitrogens with zero attached hydrogens (tertiary/aromatic N) is 1. The Morgan fingerprint density at radius 3 is 2.47 bits per heavy atom. The molecule has 0 aromatic heterocycles. The summed E-state index contributed by atoms with van der Waals surface area (Å²) in [6.07, 6.45) is 5.47. The molecule has 2 heteroatoms. The predicted octanol–water partition coefficient (Wildman–Crippen LogP) is 2.93. The first kappa shape index (κ1) is 12.4. The number of nitrogen functional groups attached to an aromatic ring is 1. The first-order valence-corrected chi connectivity index (χ1v) is 6.84. The quantitative estimate of drug-likeness (QED) is 0.764. The molecular weight excluding hydrogens is 208 g/mol. The lowest BCUT2D eigenvalue weighted by Gasteiger charge is -2.31. The van der Waals surface area contributed by atoms with E-state index in [9.17, 15) is 0 Å². The molecule has 0 unspecified atom stereocenters. The number of hydrogen-bond donors (Lipinski definition) is 1. The van der Waals surface area contributed by atoms with E-state index >= 15 is 0 Å². The highest BCUT2D eigenvalue weighted by Gasteiger charge is 2.19. The van der Waals surface area contributed by atoms with E-state index < -0.39 is 0 Å². The maximum absolute atomic E-state index is 5.69. The minimum atomic E-state index is 0.857. The molecule has 0 atom stereocenters. The van der Waals surface area contributed by atoms with E-state index in [2.05, 4.69) is 24.0 Å². The normalized spacial score (nSPS) is 16.1. The molecule has 1 aliphatic carbocycles. The summed E-state index contributed by atoms with van der Waals surface area (Å²) in [5, 5.41) is 0. The molecule has 2 rings (SSSR count). The van der Waals surface area contributed by atoms with Gasteiger partial charge in [0.05, 0.1) is 0 Å². The van der Waals surface area contributed by atoms with Crippen LogP contribution in [0.2, 0.25) is 0 Å². The third-order valence-electron chi connectivity index (χ3n) is 3.88. The molecule has 2 N–H and O–H groups in total. The Morgan fingerprint density at radius 2 is 1.94 bits per heavy atom. The van der Waals surface area contributed by atoms with Crippen molar-refractivity contribution in [2.75, 3.05) is 25.4 Å². The Morgan fingerprint density at radius 1 is 1.24 bits per heavy atom. The van der Waals surface area contributed by atoms with Crippen LogP contribution in [-0.2, 0) is 6.42 Å². The molecule has 2 nitrogen and oxygen atoms in total. The molecule has 0 radical (unpaired) electrons. The standard InChI is InChI=1S/C15H24N2/c1-2-17(12-14-4-3-5-14)11-10-13-6-8-15(16)9-7-13/h6-9,14H,2-5,10-12,16H2,1H3. The second-order valence-corrected chi connectivity index (χ2v) is 5.18. The fraction of sp³-hybridized carbons (Fsp3) is 0.600. The van der Waals surface area contributed by atoms with Gasteiger partial charge in [0.25, 0.3) is 0 Å². The highest BCUT2D eigenvalue weighted by atomic mass is 15.1. The van der Waals surface area contributed by atoms with Crippen LogP contribution in [0.5, 0.6) is 0 Å². The van der Waals surface area contributed by atoms with Crippen LogP contribution in [-0.4, -0.2) is 24.5 Å². The summed E-state index contributed by atoms with van der Waals surface area (Å²) in [5.41, 5.74) is 7.94. The van der Waals surface area contributed by atoms with Crippen molar-refractivity contribution in [2.24, 2.45) is 5.92 Å². The lowest BCUT2D eigenvalue weighted by atomic mass is 9.85. The number of benzene rings is 1. The fourth-order valence-electron chi connectivity index (χ4n) is 2.39. The number of nitrogens with two attached hydrogens (primary N) is 1. The van der Waals surface area contributed by atoms with Crippen molar-refractivity contribution in [2.45, 2.75) is 32.6 Å². The van der Waals surface area contributed by atoms with Crippen LogP contribution < -0.4 is 5.73 Å². The monoisotopic (exact) mass is 232 g/mol. The highest BCUT2D eigenvalue weighted by molar-refractivity contribution is 5.39. The zero-order chi connectivity index (χ0) is 12.1. The lowest BCUT2D eigenvalue weighted by molar-refractivity contribution is 0.185. The van der Waals surface area contributed by atoms with Crippen LogP contribution in [0.4, 0.5) is 5.69 Å². The first-order chi connectivity index (χ1) is 8.28. The molecule has 94 valence electrons. The molecule has 1 aliphatic rings. The number of likely N-dealkylation sites (N-methyl/N-ethyl adjacent to an activating group) is 1. The van der Waals surface area contributed by atoms with Gasteiger partial charge in [-0.1, -0.05) is 25.5 Å². The van der Waals surface area contributed by atoms with Crippen LogP contribution >= 0.6 is 0 Å². The van der Waals surface area contributed by atoms with Gasteiger partial charge in [-0.25, -0.2) is 0 Å². The molecule has 0 aliphatic heterocycles. The van der Waals surface area contributed by atoms with Gasteiger partial charge < -0.3 is 10.6 Å². The van der Waals surface area contributed by atoms with Gasteiger partial charge >= 0.3 is 0 Å². The molecule has 1 saturated carbocycles. The molecule has 0 saturated heterocycles. The molecule has 1 aromatic rings. The van der Waals surface area contributed by atoms with Crippen molar-refractivity contribution in [3.63, 3.8) is 0 Å². The zero-order valence-corrected chi connectivity index (χ0v) is 10.9. The predicted molar refractivity (Wildman–Crippen MR) is 74.0 cm³/mol. The maximum atomic E-state index is 5.69. The first-order valence-electron chi connectivity index (χ1n) is 6.84. The van der Waals surface area contributed by atoms with Crippen molar-refractivity contribution < 1.29 is 0 Å². The Bertz CT molecular complexity index is 327. The van der Waals surface area contributed by atoms with Gasteiger partial charge in [0, 0.05) is 18.8 Å². The van der Waals surface area contributed by atoms with E-state index in [0.717, 1.165) is 18.0 Å². The van der Waals surface area contributed by atoms with Gasteiger partial charge in [-0.15, -0.1) is 0 Å². The van der Waals surface area contributed by atoms with Crippen LogP contribution in [0.1, 0.15) is 31.7 Å². The smallest absolute Gasteiger partial charge is 0.0314 e. The molecule has 1 aromatic carbocycles. The summed E-state index contributed by atoms with van der Waals surface area (Å²) < 4.78 is 0. The Kier molecular flexibility index (Phi) is 4.43. The summed E-state index contributed by atoms with van der Waals surface area (Å²) in [6.45, 7) is 5.91. The lowest BCUT2D eigenvalue weighted by Crippen LogP contribution is -2.33. The van der Waals surface area contributed by atoms with Crippen molar-refractivity contribution in [1.29, 1.82) is 0 Å². The van der Waals surface area contributed by atoms with E-state index in [1.165, 1.54) is 44.5 Å². The number of anilines is 1. The molecular formula is C15H24N2. The maximum Gasteiger partial charge on any atom is 0.0314 e. The van der Waals surface area contributed by atoms with Gasteiger partial charge in [0.15, 0.2) is 0 Å². The van der Waals surface area contributed by atoms with Gasteiger partial charge in [0.2, 0.25) is 0 Å². The summed E-state index contributed by atoms with van der Waals surface area (Å²) >= 11 is 0. The number of rotatable bonds is 6. The van der Waals surface area contributed by atoms with E-state index in [0.29, 0.717) is 0 Å². The summed E-state index contributed by atoms with van der Waals surface area (Å²) in [6, 6.07) is 8.29. The van der Waals surface area contributed by atoms with Gasteiger partial charge in [-0.05, 0) is 49.4 Å². The van der Waals surface area contributed by atoms with E-state index in [4.69, 9.17) is 5.73 Å². The fourth-order valence-corrected chi connectivity index (χ4v) is 2.39. The van der Waals surface area contributed by atoms with Crippen molar-refractivity contribution in [3.05, 3.63) is 29.8 Å². The molecule has 0 bridgehead atoms. The Balaban J connectivity index is 1.76. The van der Waals surface area contributed by atoms with Crippen molar-refractivity contribution in [1.82, 2.24) is 4.90 Å². The summed E-state index contributed by atoms with van der Waals surface area (Å²) in [4.78, 5) is 2.58. The zero-order valence-electron chi connectivity index (χ0n) is 10.9. The average Bonchev–Trinajstić information content (AvgIpc) is 2.29. The van der Waals surface area contributed by atoms with Crippen molar-refractivity contribution >= 4 is 5.69 Å². The molecule has 0 heterocycles. The molecule has 0 amide bonds. The third kappa shape index (κ3) is 3.74. The van der Waals surface area contributed by atoms with E-state index in [1.54, 1.807) is 0 Å².